The highest BCUT2D eigenvalue weighted by atomic mass is 16.5. The lowest BCUT2D eigenvalue weighted by atomic mass is 10.1. The van der Waals surface area contributed by atoms with Gasteiger partial charge in [0.1, 0.15) is 5.82 Å². The largest absolute Gasteiger partial charge is 0.373 e. The number of amides is 1. The topological polar surface area (TPSA) is 80.0 Å². The number of rotatable bonds is 4. The van der Waals surface area contributed by atoms with Crippen LogP contribution in [-0.2, 0) is 0 Å². The van der Waals surface area contributed by atoms with Crippen molar-refractivity contribution < 1.29 is 9.32 Å². The summed E-state index contributed by atoms with van der Waals surface area (Å²) in [5.74, 6) is 0.987. The summed E-state index contributed by atoms with van der Waals surface area (Å²) in [5.41, 5.74) is 2.10. The fourth-order valence-electron chi connectivity index (χ4n) is 1.71. The Morgan fingerprint density at radius 3 is 2.60 bits per heavy atom. The summed E-state index contributed by atoms with van der Waals surface area (Å²) in [6.07, 6.45) is 0. The summed E-state index contributed by atoms with van der Waals surface area (Å²) in [6, 6.07) is 5.15. The van der Waals surface area contributed by atoms with E-state index < -0.39 is 0 Å². The van der Waals surface area contributed by atoms with Crippen LogP contribution in [0, 0.1) is 6.92 Å². The molecule has 6 nitrogen and oxygen atoms in total. The van der Waals surface area contributed by atoms with Crippen LogP contribution in [0.25, 0.3) is 0 Å². The van der Waals surface area contributed by atoms with Crippen LogP contribution in [0.15, 0.2) is 22.7 Å². The Kier molecular flexibility index (Phi) is 4.02. The Morgan fingerprint density at radius 2 is 2.05 bits per heavy atom. The average Bonchev–Trinajstić information content (AvgIpc) is 2.83. The van der Waals surface area contributed by atoms with Crippen LogP contribution in [0.4, 0.5) is 11.7 Å². The highest BCUT2D eigenvalue weighted by Crippen LogP contribution is 2.18. The molecule has 0 saturated carbocycles. The quantitative estimate of drug-likeness (QED) is 0.896. The third kappa shape index (κ3) is 3.14. The zero-order valence-corrected chi connectivity index (χ0v) is 12.0. The zero-order valence-electron chi connectivity index (χ0n) is 12.0. The number of anilines is 2. The van der Waals surface area contributed by atoms with Crippen LogP contribution in [0.3, 0.4) is 0 Å². The molecule has 0 aliphatic heterocycles. The first kappa shape index (κ1) is 14.0. The molecule has 2 aromatic heterocycles. The lowest BCUT2D eigenvalue weighted by molar-refractivity contribution is 0.102. The number of nitrogens with zero attached hydrogens (tertiary/aromatic N) is 2. The molecule has 0 bridgehead atoms. The molecule has 2 heterocycles. The Hall–Kier alpha value is -2.37. The fraction of sp³-hybridized carbons (Fsp3) is 0.357. The molecule has 0 saturated heterocycles. The van der Waals surface area contributed by atoms with Gasteiger partial charge in [-0.3, -0.25) is 10.1 Å². The summed E-state index contributed by atoms with van der Waals surface area (Å²) in [6.45, 7) is 5.86. The zero-order chi connectivity index (χ0) is 14.7. The molecule has 0 unspecified atom stereocenters. The van der Waals surface area contributed by atoms with Crippen molar-refractivity contribution >= 4 is 17.6 Å². The monoisotopic (exact) mass is 274 g/mol. The summed E-state index contributed by atoms with van der Waals surface area (Å²) in [5, 5.41) is 9.36. The van der Waals surface area contributed by atoms with Gasteiger partial charge in [0.25, 0.3) is 5.91 Å². The Balaban J connectivity index is 2.26. The third-order valence-corrected chi connectivity index (χ3v) is 2.82. The second-order valence-electron chi connectivity index (χ2n) is 4.86. The van der Waals surface area contributed by atoms with E-state index in [1.165, 1.54) is 0 Å². The van der Waals surface area contributed by atoms with Gasteiger partial charge in [-0.05, 0) is 25.0 Å². The predicted molar refractivity (Wildman–Crippen MR) is 77.1 cm³/mol. The number of carbonyl (C=O) groups is 1. The van der Waals surface area contributed by atoms with Gasteiger partial charge in [-0.25, -0.2) is 4.98 Å². The molecule has 1 amide bonds. The first-order valence-electron chi connectivity index (χ1n) is 6.44. The van der Waals surface area contributed by atoms with Gasteiger partial charge in [-0.1, -0.05) is 19.0 Å². The average molecular weight is 274 g/mol. The fourth-order valence-corrected chi connectivity index (χ4v) is 1.71. The molecule has 0 radical (unpaired) electrons. The molecular formula is C14H18N4O2. The number of hydrogen-bond acceptors (Lipinski definition) is 5. The second-order valence-corrected chi connectivity index (χ2v) is 4.86. The number of pyridine rings is 1. The van der Waals surface area contributed by atoms with Gasteiger partial charge in [0.2, 0.25) is 5.88 Å². The van der Waals surface area contributed by atoms with Gasteiger partial charge < -0.3 is 9.84 Å². The van der Waals surface area contributed by atoms with Crippen molar-refractivity contribution in [2.75, 3.05) is 17.7 Å². The lowest BCUT2D eigenvalue weighted by Gasteiger charge is -2.10. The summed E-state index contributed by atoms with van der Waals surface area (Å²) in [7, 11) is 1.77. The number of hydrogen-bond donors (Lipinski definition) is 2. The van der Waals surface area contributed by atoms with E-state index in [4.69, 9.17) is 4.52 Å². The number of aromatic nitrogens is 2. The number of nitrogens with one attached hydrogen (secondary N) is 2. The van der Waals surface area contributed by atoms with Crippen molar-refractivity contribution in [1.82, 2.24) is 10.1 Å². The van der Waals surface area contributed by atoms with Crippen LogP contribution in [0.5, 0.6) is 0 Å². The van der Waals surface area contributed by atoms with Gasteiger partial charge in [0.05, 0.1) is 5.69 Å². The van der Waals surface area contributed by atoms with Gasteiger partial charge >= 0.3 is 0 Å². The molecule has 0 aliphatic carbocycles. The molecule has 106 valence electrons. The van der Waals surface area contributed by atoms with Crippen molar-refractivity contribution in [3.8, 4) is 0 Å². The summed E-state index contributed by atoms with van der Waals surface area (Å²) < 4.78 is 4.98. The molecule has 0 aromatic carbocycles. The number of aryl methyl sites for hydroxylation is 1. The standard InChI is InChI=1S/C14H18N4O2/c1-8(2)11-6-10(7-12(15-4)16-11)14(19)17-13-5-9(3)18-20-13/h5-8H,1-4H3,(H,15,16)(H,17,19). The molecular weight excluding hydrogens is 256 g/mol. The van der Waals surface area contributed by atoms with E-state index in [9.17, 15) is 4.79 Å². The van der Waals surface area contributed by atoms with Crippen molar-refractivity contribution in [2.45, 2.75) is 26.7 Å². The van der Waals surface area contributed by atoms with E-state index in [0.717, 1.165) is 5.69 Å². The Morgan fingerprint density at radius 1 is 1.30 bits per heavy atom. The SMILES string of the molecule is CNc1cc(C(=O)Nc2cc(C)no2)cc(C(C)C)n1. The van der Waals surface area contributed by atoms with Gasteiger partial charge in [-0.2, -0.15) is 0 Å². The maximum atomic E-state index is 12.2. The van der Waals surface area contributed by atoms with Crippen LogP contribution < -0.4 is 10.6 Å². The first-order chi connectivity index (χ1) is 9.49. The molecule has 20 heavy (non-hydrogen) atoms. The molecule has 2 aromatic rings. The van der Waals surface area contributed by atoms with Crippen molar-refractivity contribution in [3.63, 3.8) is 0 Å². The van der Waals surface area contributed by atoms with E-state index in [2.05, 4.69) is 20.8 Å². The minimum absolute atomic E-state index is 0.238. The van der Waals surface area contributed by atoms with Crippen LogP contribution in [-0.4, -0.2) is 23.1 Å². The molecule has 2 N–H and O–H groups in total. The number of carbonyl (C=O) groups excluding carboxylic acids is 1. The van der Waals surface area contributed by atoms with Crippen molar-refractivity contribution in [2.24, 2.45) is 0 Å². The molecule has 6 heteroatoms. The van der Waals surface area contributed by atoms with Crippen LogP contribution in [0.2, 0.25) is 0 Å². The molecule has 0 aliphatic rings. The highest BCUT2D eigenvalue weighted by Gasteiger charge is 2.13. The Bertz CT molecular complexity index is 619. The Labute approximate surface area is 117 Å². The van der Waals surface area contributed by atoms with Crippen LogP contribution in [0.1, 0.15) is 41.5 Å². The van der Waals surface area contributed by atoms with Gasteiger partial charge in [-0.15, -0.1) is 0 Å². The van der Waals surface area contributed by atoms with Crippen molar-refractivity contribution in [3.05, 3.63) is 35.2 Å². The smallest absolute Gasteiger partial charge is 0.258 e. The normalized spacial score (nSPS) is 10.7. The van der Waals surface area contributed by atoms with E-state index in [1.807, 2.05) is 13.8 Å². The molecule has 0 atom stereocenters. The predicted octanol–water partition coefficient (Wildman–Crippen LogP) is 2.80. The van der Waals surface area contributed by atoms with Crippen LogP contribution >= 0.6 is 0 Å². The second kappa shape index (κ2) is 5.73. The van der Waals surface area contributed by atoms with Gasteiger partial charge in [0.15, 0.2) is 0 Å². The summed E-state index contributed by atoms with van der Waals surface area (Å²) in [4.78, 5) is 16.6. The maximum absolute atomic E-state index is 12.2. The van der Waals surface area contributed by atoms with Gasteiger partial charge in [0, 0.05) is 24.4 Å². The first-order valence-corrected chi connectivity index (χ1v) is 6.44. The van der Waals surface area contributed by atoms with E-state index in [-0.39, 0.29) is 11.8 Å². The summed E-state index contributed by atoms with van der Waals surface area (Å²) >= 11 is 0. The van der Waals surface area contributed by atoms with E-state index >= 15 is 0 Å². The van der Waals surface area contributed by atoms with E-state index in [0.29, 0.717) is 23.0 Å². The van der Waals surface area contributed by atoms with E-state index in [1.54, 1.807) is 32.2 Å². The molecule has 0 fully saturated rings. The minimum Gasteiger partial charge on any atom is -0.373 e. The molecule has 0 spiro atoms. The maximum Gasteiger partial charge on any atom is 0.258 e. The highest BCUT2D eigenvalue weighted by molar-refractivity contribution is 6.04. The van der Waals surface area contributed by atoms with Crippen molar-refractivity contribution in [1.29, 1.82) is 0 Å². The molecule has 2 rings (SSSR count). The third-order valence-electron chi connectivity index (χ3n) is 2.82. The lowest BCUT2D eigenvalue weighted by Crippen LogP contribution is -2.13. The minimum atomic E-state index is -0.248.